The maximum atomic E-state index is 13.3. The predicted molar refractivity (Wildman–Crippen MR) is 68.5 cm³/mol. The molecule has 0 saturated heterocycles. The van der Waals surface area contributed by atoms with Gasteiger partial charge in [-0.25, -0.2) is 4.39 Å². The zero-order valence-electron chi connectivity index (χ0n) is 10.7. The summed E-state index contributed by atoms with van der Waals surface area (Å²) in [5.41, 5.74) is 6.98. The third-order valence-corrected chi connectivity index (χ3v) is 2.76. The monoisotopic (exact) mass is 256 g/mol. The van der Waals surface area contributed by atoms with Gasteiger partial charge in [0.25, 0.3) is 0 Å². The van der Waals surface area contributed by atoms with Crippen LogP contribution >= 0.6 is 0 Å². The summed E-state index contributed by atoms with van der Waals surface area (Å²) >= 11 is 0. The molecule has 0 radical (unpaired) electrons. The highest BCUT2D eigenvalue weighted by Crippen LogP contribution is 2.12. The smallest absolute Gasteiger partial charge is 0.127 e. The van der Waals surface area contributed by atoms with Crippen LogP contribution in [-0.2, 0) is 17.8 Å². The number of nitrogens with two attached hydrogens (primary N) is 1. The van der Waals surface area contributed by atoms with Gasteiger partial charge >= 0.3 is 0 Å². The van der Waals surface area contributed by atoms with E-state index in [4.69, 9.17) is 15.6 Å². The van der Waals surface area contributed by atoms with Crippen LogP contribution < -0.4 is 5.73 Å². The van der Waals surface area contributed by atoms with Gasteiger partial charge in [0.1, 0.15) is 5.82 Å². The highest BCUT2D eigenvalue weighted by molar-refractivity contribution is 5.25. The predicted octanol–water partition coefficient (Wildman–Crippen LogP) is 0.725. The molecule has 3 N–H and O–H groups in total. The van der Waals surface area contributed by atoms with Crippen LogP contribution in [0.15, 0.2) is 18.2 Å². The third-order valence-electron chi connectivity index (χ3n) is 2.76. The van der Waals surface area contributed by atoms with Crippen LogP contribution in [0.25, 0.3) is 0 Å². The molecule has 5 heteroatoms. The maximum Gasteiger partial charge on any atom is 0.127 e. The molecule has 0 atom stereocenters. The summed E-state index contributed by atoms with van der Waals surface area (Å²) in [7, 11) is 1.64. The molecule has 0 heterocycles. The summed E-state index contributed by atoms with van der Waals surface area (Å²) in [6.07, 6.45) is 0. The van der Waals surface area contributed by atoms with Gasteiger partial charge in [-0.3, -0.25) is 4.90 Å². The first-order valence-electron chi connectivity index (χ1n) is 6.00. The average Bonchev–Trinajstić information content (AvgIpc) is 2.38. The lowest BCUT2D eigenvalue weighted by molar-refractivity contribution is 0.127. The summed E-state index contributed by atoms with van der Waals surface area (Å²) in [5, 5.41) is 9.00. The highest BCUT2D eigenvalue weighted by Gasteiger charge is 2.07. The van der Waals surface area contributed by atoms with Gasteiger partial charge in [0, 0.05) is 38.9 Å². The van der Waals surface area contributed by atoms with E-state index in [1.54, 1.807) is 19.2 Å². The van der Waals surface area contributed by atoms with Crippen molar-refractivity contribution in [3.63, 3.8) is 0 Å². The molecule has 102 valence electrons. The van der Waals surface area contributed by atoms with Gasteiger partial charge in [-0.15, -0.1) is 0 Å². The average molecular weight is 256 g/mol. The van der Waals surface area contributed by atoms with Gasteiger partial charge < -0.3 is 15.6 Å². The second kappa shape index (κ2) is 8.16. The second-order valence-electron chi connectivity index (χ2n) is 4.12. The molecular weight excluding hydrogens is 235 g/mol. The summed E-state index contributed by atoms with van der Waals surface area (Å²) in [6, 6.07) is 4.95. The fourth-order valence-electron chi connectivity index (χ4n) is 1.77. The van der Waals surface area contributed by atoms with Crippen LogP contribution in [0.4, 0.5) is 4.39 Å². The lowest BCUT2D eigenvalue weighted by atomic mass is 10.1. The first kappa shape index (κ1) is 15.0. The van der Waals surface area contributed by atoms with Gasteiger partial charge in [0.2, 0.25) is 0 Å². The number of hydrogen-bond acceptors (Lipinski definition) is 4. The van der Waals surface area contributed by atoms with E-state index >= 15 is 0 Å². The number of aliphatic hydroxyl groups excluding tert-OH is 1. The van der Waals surface area contributed by atoms with E-state index in [0.29, 0.717) is 25.3 Å². The van der Waals surface area contributed by atoms with Crippen LogP contribution in [0, 0.1) is 5.82 Å². The van der Waals surface area contributed by atoms with E-state index < -0.39 is 0 Å². The minimum Gasteiger partial charge on any atom is -0.395 e. The number of aliphatic hydroxyl groups is 1. The Balaban J connectivity index is 2.67. The third kappa shape index (κ3) is 4.70. The fraction of sp³-hybridized carbons (Fsp3) is 0.538. The van der Waals surface area contributed by atoms with E-state index in [1.165, 1.54) is 6.07 Å². The lowest BCUT2D eigenvalue weighted by Crippen LogP contribution is -2.29. The Kier molecular flexibility index (Phi) is 6.82. The number of nitrogens with zero attached hydrogens (tertiary/aromatic N) is 1. The van der Waals surface area contributed by atoms with E-state index in [-0.39, 0.29) is 19.0 Å². The normalized spacial score (nSPS) is 11.2. The molecule has 0 bridgehead atoms. The molecule has 0 unspecified atom stereocenters. The lowest BCUT2D eigenvalue weighted by Gasteiger charge is -2.21. The van der Waals surface area contributed by atoms with Crippen molar-refractivity contribution in [1.29, 1.82) is 0 Å². The molecule has 0 saturated carbocycles. The van der Waals surface area contributed by atoms with Crippen molar-refractivity contribution in [2.24, 2.45) is 5.73 Å². The molecule has 0 aromatic heterocycles. The van der Waals surface area contributed by atoms with E-state index in [0.717, 1.165) is 12.1 Å². The molecule has 1 aromatic carbocycles. The van der Waals surface area contributed by atoms with E-state index in [9.17, 15) is 4.39 Å². The Morgan fingerprint density at radius 1 is 1.39 bits per heavy atom. The number of hydrogen-bond donors (Lipinski definition) is 2. The SMILES string of the molecule is COCCN(CCO)Cc1ccc(F)c(CN)c1. The molecule has 0 aliphatic rings. The number of halogens is 1. The molecule has 0 amide bonds. The van der Waals surface area contributed by atoms with Crippen molar-refractivity contribution in [2.45, 2.75) is 13.1 Å². The number of benzene rings is 1. The van der Waals surface area contributed by atoms with Crippen LogP contribution in [0.3, 0.4) is 0 Å². The second-order valence-corrected chi connectivity index (χ2v) is 4.12. The Morgan fingerprint density at radius 2 is 2.17 bits per heavy atom. The topological polar surface area (TPSA) is 58.7 Å². The van der Waals surface area contributed by atoms with Crippen LogP contribution in [0.5, 0.6) is 0 Å². The number of rotatable bonds is 8. The molecule has 4 nitrogen and oxygen atoms in total. The van der Waals surface area contributed by atoms with Crippen molar-refractivity contribution in [2.75, 3.05) is 33.4 Å². The van der Waals surface area contributed by atoms with Gasteiger partial charge in [-0.1, -0.05) is 12.1 Å². The Morgan fingerprint density at radius 3 is 2.78 bits per heavy atom. The maximum absolute atomic E-state index is 13.3. The molecule has 1 rings (SSSR count). The fourth-order valence-corrected chi connectivity index (χ4v) is 1.77. The quantitative estimate of drug-likeness (QED) is 0.720. The summed E-state index contributed by atoms with van der Waals surface area (Å²) < 4.78 is 18.3. The minimum atomic E-state index is -0.271. The Hall–Kier alpha value is -1.01. The zero-order valence-corrected chi connectivity index (χ0v) is 10.7. The zero-order chi connectivity index (χ0) is 13.4. The molecule has 0 aliphatic carbocycles. The van der Waals surface area contributed by atoms with Crippen molar-refractivity contribution in [3.05, 3.63) is 35.1 Å². The van der Waals surface area contributed by atoms with Crippen molar-refractivity contribution in [3.8, 4) is 0 Å². The van der Waals surface area contributed by atoms with Crippen LogP contribution in [0.1, 0.15) is 11.1 Å². The van der Waals surface area contributed by atoms with Gasteiger partial charge in [-0.2, -0.15) is 0 Å². The Labute approximate surface area is 107 Å². The van der Waals surface area contributed by atoms with Crippen LogP contribution in [0.2, 0.25) is 0 Å². The number of methoxy groups -OCH3 is 1. The Bertz CT molecular complexity index is 361. The largest absolute Gasteiger partial charge is 0.395 e. The summed E-state index contributed by atoms with van der Waals surface area (Å²) in [5.74, 6) is -0.271. The standard InChI is InChI=1S/C13H21FN2O2/c1-18-7-5-16(4-6-17)10-11-2-3-13(14)12(8-11)9-15/h2-3,8,17H,4-7,9-10,15H2,1H3. The van der Waals surface area contributed by atoms with Crippen LogP contribution in [-0.4, -0.2) is 43.4 Å². The van der Waals surface area contributed by atoms with Gasteiger partial charge in [0.15, 0.2) is 0 Å². The first-order chi connectivity index (χ1) is 8.71. The molecular formula is C13H21FN2O2. The molecule has 0 spiro atoms. The molecule has 1 aromatic rings. The minimum absolute atomic E-state index is 0.0919. The van der Waals surface area contributed by atoms with Crippen molar-refractivity contribution < 1.29 is 14.2 Å². The van der Waals surface area contributed by atoms with Crippen molar-refractivity contribution in [1.82, 2.24) is 4.90 Å². The molecule has 0 aliphatic heterocycles. The summed E-state index contributed by atoms with van der Waals surface area (Å²) in [6.45, 7) is 2.83. The van der Waals surface area contributed by atoms with Gasteiger partial charge in [0.05, 0.1) is 13.2 Å². The highest BCUT2D eigenvalue weighted by atomic mass is 19.1. The van der Waals surface area contributed by atoms with E-state index in [2.05, 4.69) is 4.90 Å². The van der Waals surface area contributed by atoms with E-state index in [1.807, 2.05) is 0 Å². The number of ether oxygens (including phenoxy) is 1. The molecule has 0 fully saturated rings. The first-order valence-corrected chi connectivity index (χ1v) is 6.00. The molecule has 18 heavy (non-hydrogen) atoms. The van der Waals surface area contributed by atoms with Gasteiger partial charge in [-0.05, 0) is 11.6 Å². The van der Waals surface area contributed by atoms with Crippen molar-refractivity contribution >= 4 is 0 Å². The summed E-state index contributed by atoms with van der Waals surface area (Å²) in [4.78, 5) is 2.05.